The fourth-order valence-corrected chi connectivity index (χ4v) is 3.91. The van der Waals surface area contributed by atoms with Crippen LogP contribution in [0.5, 0.6) is 0 Å². The topological polar surface area (TPSA) is 72.3 Å². The van der Waals surface area contributed by atoms with E-state index in [1.807, 2.05) is 49.5 Å². The van der Waals surface area contributed by atoms with Crippen LogP contribution in [0.25, 0.3) is 56.2 Å². The largest absolute Gasteiger partial charge is 0.337 e. The second-order valence-electron chi connectivity index (χ2n) is 7.45. The normalized spacial score (nSPS) is 11.4. The molecule has 0 bridgehead atoms. The van der Waals surface area contributed by atoms with E-state index in [0.29, 0.717) is 0 Å². The number of aromatic nitrogens is 6. The highest BCUT2D eigenvalue weighted by molar-refractivity contribution is 5.88. The van der Waals surface area contributed by atoms with Crippen LogP contribution in [-0.4, -0.2) is 29.5 Å². The number of pyridine rings is 2. The van der Waals surface area contributed by atoms with Crippen molar-refractivity contribution in [2.75, 3.05) is 0 Å². The van der Waals surface area contributed by atoms with Gasteiger partial charge in [-0.3, -0.25) is 9.97 Å². The smallest absolute Gasteiger partial charge is 0.159 e. The van der Waals surface area contributed by atoms with Gasteiger partial charge in [-0.1, -0.05) is 24.3 Å². The first-order valence-electron chi connectivity index (χ1n) is 10.1. The minimum Gasteiger partial charge on any atom is -0.337 e. The Kier molecular flexibility index (Phi) is 3.89. The highest BCUT2D eigenvalue weighted by Crippen LogP contribution is 2.29. The van der Waals surface area contributed by atoms with Gasteiger partial charge in [-0.15, -0.1) is 0 Å². The molecule has 0 aliphatic carbocycles. The first kappa shape index (κ1) is 17.5. The van der Waals surface area contributed by atoms with Crippen molar-refractivity contribution in [3.05, 3.63) is 85.2 Å². The summed E-state index contributed by atoms with van der Waals surface area (Å²) in [6.07, 6.45) is 3.56. The highest BCUT2D eigenvalue weighted by atomic mass is 15.1. The molecule has 6 rings (SSSR count). The van der Waals surface area contributed by atoms with Crippen molar-refractivity contribution in [2.45, 2.75) is 0 Å². The summed E-state index contributed by atoms with van der Waals surface area (Å²) < 4.78 is 2.09. The summed E-state index contributed by atoms with van der Waals surface area (Å²) >= 11 is 0. The predicted octanol–water partition coefficient (Wildman–Crippen LogP) is 5.24. The van der Waals surface area contributed by atoms with Gasteiger partial charge in [0.2, 0.25) is 0 Å². The lowest BCUT2D eigenvalue weighted by molar-refractivity contribution is 0.950. The quantitative estimate of drug-likeness (QED) is 0.439. The van der Waals surface area contributed by atoms with Crippen LogP contribution in [0.3, 0.4) is 0 Å². The lowest BCUT2D eigenvalue weighted by atomic mass is 10.0. The van der Waals surface area contributed by atoms with Crippen LogP contribution in [0.15, 0.2) is 85.2 Å². The molecule has 4 heterocycles. The number of benzene rings is 2. The molecule has 0 saturated carbocycles. The maximum absolute atomic E-state index is 4.78. The monoisotopic (exact) mass is 402 g/mol. The SMILES string of the molecule is Cn1c(-c2ccccn2)nc2ccc(-c3ccc4nc(-c5ccccn5)[nH]c4c3)cc21. The number of aromatic amines is 1. The summed E-state index contributed by atoms with van der Waals surface area (Å²) in [7, 11) is 2.03. The van der Waals surface area contributed by atoms with E-state index < -0.39 is 0 Å². The number of hydrogen-bond donors (Lipinski definition) is 1. The van der Waals surface area contributed by atoms with Gasteiger partial charge in [0.15, 0.2) is 11.6 Å². The molecule has 4 aromatic heterocycles. The minimum absolute atomic E-state index is 0.773. The molecular formula is C25H18N6. The average Bonchev–Trinajstić information content (AvgIpc) is 3.41. The van der Waals surface area contributed by atoms with E-state index in [1.165, 1.54) is 0 Å². The van der Waals surface area contributed by atoms with Gasteiger partial charge in [-0.25, -0.2) is 9.97 Å². The van der Waals surface area contributed by atoms with Gasteiger partial charge in [-0.2, -0.15) is 0 Å². The van der Waals surface area contributed by atoms with Crippen LogP contribution in [-0.2, 0) is 7.05 Å². The standard InChI is InChI=1S/C25H18N6/c1-31-23-15-17(9-11-19(23)30-25(31)21-7-3-5-13-27-21)16-8-10-18-22(14-16)29-24(28-18)20-6-2-4-12-26-20/h2-15H,1H3,(H,28,29). The third-order valence-corrected chi connectivity index (χ3v) is 5.50. The van der Waals surface area contributed by atoms with Gasteiger partial charge in [0.25, 0.3) is 0 Å². The van der Waals surface area contributed by atoms with E-state index >= 15 is 0 Å². The zero-order chi connectivity index (χ0) is 20.8. The fourth-order valence-electron chi connectivity index (χ4n) is 3.91. The van der Waals surface area contributed by atoms with Crippen molar-refractivity contribution < 1.29 is 0 Å². The molecule has 6 aromatic rings. The Morgan fingerprint density at radius 2 is 1.42 bits per heavy atom. The van der Waals surface area contributed by atoms with Gasteiger partial charge in [0.05, 0.1) is 22.1 Å². The Morgan fingerprint density at radius 3 is 2.16 bits per heavy atom. The van der Waals surface area contributed by atoms with Crippen molar-refractivity contribution in [3.8, 4) is 34.2 Å². The molecule has 0 saturated heterocycles. The van der Waals surface area contributed by atoms with Gasteiger partial charge in [-0.05, 0) is 59.7 Å². The molecule has 6 heteroatoms. The average molecular weight is 402 g/mol. The third-order valence-electron chi connectivity index (χ3n) is 5.50. The zero-order valence-corrected chi connectivity index (χ0v) is 16.8. The lowest BCUT2D eigenvalue weighted by Crippen LogP contribution is -1.94. The molecule has 0 atom stereocenters. The Hall–Kier alpha value is -4.32. The highest BCUT2D eigenvalue weighted by Gasteiger charge is 2.13. The van der Waals surface area contributed by atoms with Gasteiger partial charge in [0.1, 0.15) is 11.4 Å². The van der Waals surface area contributed by atoms with Crippen LogP contribution in [0.1, 0.15) is 0 Å². The number of H-pyrrole nitrogens is 1. The zero-order valence-electron chi connectivity index (χ0n) is 16.8. The number of rotatable bonds is 3. The van der Waals surface area contributed by atoms with Gasteiger partial charge in [0, 0.05) is 19.4 Å². The molecule has 1 N–H and O–H groups in total. The summed E-state index contributed by atoms with van der Waals surface area (Å²) in [6.45, 7) is 0. The molecule has 2 aromatic carbocycles. The number of hydrogen-bond acceptors (Lipinski definition) is 4. The molecule has 0 radical (unpaired) electrons. The van der Waals surface area contributed by atoms with Crippen LogP contribution in [0.4, 0.5) is 0 Å². The van der Waals surface area contributed by atoms with Gasteiger partial charge < -0.3 is 9.55 Å². The van der Waals surface area contributed by atoms with E-state index in [-0.39, 0.29) is 0 Å². The van der Waals surface area contributed by atoms with E-state index in [1.54, 1.807) is 12.4 Å². The number of nitrogens with one attached hydrogen (secondary N) is 1. The molecule has 0 fully saturated rings. The third kappa shape index (κ3) is 2.97. The van der Waals surface area contributed by atoms with Crippen molar-refractivity contribution in [1.82, 2.24) is 29.5 Å². The van der Waals surface area contributed by atoms with E-state index in [9.17, 15) is 0 Å². The van der Waals surface area contributed by atoms with E-state index in [0.717, 1.165) is 56.2 Å². The maximum Gasteiger partial charge on any atom is 0.159 e. The second kappa shape index (κ2) is 6.88. The van der Waals surface area contributed by atoms with E-state index in [4.69, 9.17) is 4.98 Å². The Morgan fingerprint density at radius 1 is 0.710 bits per heavy atom. The summed E-state index contributed by atoms with van der Waals surface area (Å²) in [6, 6.07) is 24.3. The van der Waals surface area contributed by atoms with Crippen molar-refractivity contribution in [2.24, 2.45) is 7.05 Å². The number of fused-ring (bicyclic) bond motifs is 2. The molecule has 0 unspecified atom stereocenters. The number of aryl methyl sites for hydroxylation is 1. The van der Waals surface area contributed by atoms with Crippen molar-refractivity contribution in [1.29, 1.82) is 0 Å². The summed E-state index contributed by atoms with van der Waals surface area (Å²) in [5, 5.41) is 0. The molecule has 0 spiro atoms. The first-order chi connectivity index (χ1) is 15.3. The molecule has 0 amide bonds. The lowest BCUT2D eigenvalue weighted by Gasteiger charge is -2.04. The minimum atomic E-state index is 0.773. The maximum atomic E-state index is 4.78. The molecule has 0 aliphatic rings. The summed E-state index contributed by atoms with van der Waals surface area (Å²) in [5.74, 6) is 1.63. The molecule has 148 valence electrons. The van der Waals surface area contributed by atoms with Crippen molar-refractivity contribution in [3.63, 3.8) is 0 Å². The van der Waals surface area contributed by atoms with Crippen LogP contribution >= 0.6 is 0 Å². The fraction of sp³-hybridized carbons (Fsp3) is 0.0400. The van der Waals surface area contributed by atoms with Crippen LogP contribution in [0, 0.1) is 0 Å². The predicted molar refractivity (Wildman–Crippen MR) is 122 cm³/mol. The molecular weight excluding hydrogens is 384 g/mol. The molecule has 0 aliphatic heterocycles. The number of imidazole rings is 2. The Balaban J connectivity index is 1.43. The molecule has 6 nitrogen and oxygen atoms in total. The van der Waals surface area contributed by atoms with Crippen LogP contribution < -0.4 is 0 Å². The van der Waals surface area contributed by atoms with E-state index in [2.05, 4.69) is 54.8 Å². The second-order valence-corrected chi connectivity index (χ2v) is 7.45. The summed E-state index contributed by atoms with van der Waals surface area (Å²) in [5.41, 5.74) is 7.86. The van der Waals surface area contributed by atoms with Crippen molar-refractivity contribution >= 4 is 22.1 Å². The number of nitrogens with zero attached hydrogens (tertiary/aromatic N) is 5. The molecule has 31 heavy (non-hydrogen) atoms. The van der Waals surface area contributed by atoms with Gasteiger partial charge >= 0.3 is 0 Å². The Labute approximate surface area is 178 Å². The first-order valence-corrected chi connectivity index (χ1v) is 10.1. The Bertz CT molecular complexity index is 1530. The summed E-state index contributed by atoms with van der Waals surface area (Å²) in [4.78, 5) is 21.7. The van der Waals surface area contributed by atoms with Crippen LogP contribution in [0.2, 0.25) is 0 Å².